The van der Waals surface area contributed by atoms with Gasteiger partial charge in [-0.1, -0.05) is 51.4 Å². The van der Waals surface area contributed by atoms with Crippen molar-refractivity contribution in [2.24, 2.45) is 0 Å². The maximum Gasteiger partial charge on any atom is 0.255 e. The fraction of sp³-hybridized carbons (Fsp3) is 0.611. The Morgan fingerprint density at radius 1 is 0.457 bits per heavy atom. The molecule has 10 nitrogen and oxygen atoms in total. The van der Waals surface area contributed by atoms with E-state index in [2.05, 4.69) is 21.3 Å². The predicted molar refractivity (Wildman–Crippen MR) is 185 cm³/mol. The van der Waals surface area contributed by atoms with E-state index >= 15 is 0 Å². The van der Waals surface area contributed by atoms with E-state index in [1.807, 2.05) is 0 Å². The lowest BCUT2D eigenvalue weighted by molar-refractivity contribution is 0.0941. The summed E-state index contributed by atoms with van der Waals surface area (Å²) in [4.78, 5) is 25.0. The lowest BCUT2D eigenvalue weighted by Crippen LogP contribution is -2.28. The van der Waals surface area contributed by atoms with Gasteiger partial charge in [0.05, 0.1) is 39.6 Å². The van der Waals surface area contributed by atoms with Gasteiger partial charge >= 0.3 is 0 Å². The first-order valence-electron chi connectivity index (χ1n) is 17.0. The molecule has 2 aromatic rings. The van der Waals surface area contributed by atoms with Crippen molar-refractivity contribution in [3.05, 3.63) is 47.5 Å². The number of rotatable bonds is 27. The Kier molecular flexibility index (Phi) is 20.8. The molecule has 0 heterocycles. The second-order valence-corrected chi connectivity index (χ2v) is 11.4. The van der Waals surface area contributed by atoms with Gasteiger partial charge in [-0.3, -0.25) is 9.59 Å². The van der Waals surface area contributed by atoms with E-state index in [0.29, 0.717) is 47.2 Å². The van der Waals surface area contributed by atoms with Gasteiger partial charge in [-0.15, -0.1) is 0 Å². The first-order valence-corrected chi connectivity index (χ1v) is 17.0. The van der Waals surface area contributed by atoms with Crippen LogP contribution in [0.5, 0.6) is 23.0 Å². The highest BCUT2D eigenvalue weighted by atomic mass is 16.5. The van der Waals surface area contributed by atoms with Crippen LogP contribution in [0.3, 0.4) is 0 Å². The standard InChI is InChI=1S/C36H58N4O6/c1-43-29-17-19-33(45-3)31(27-29)35(41)39-25-15-23-37-21-13-11-9-7-5-6-8-10-12-14-22-38-24-16-26-40-36(42)32-28-30(44-2)18-20-34(32)46-4/h17-20,27-28,37-38H,5-16,21-26H2,1-4H3,(H,39,41)(H,40,42). The van der Waals surface area contributed by atoms with Gasteiger partial charge in [0, 0.05) is 13.1 Å². The Morgan fingerprint density at radius 2 is 0.804 bits per heavy atom. The number of benzene rings is 2. The average molecular weight is 643 g/mol. The summed E-state index contributed by atoms with van der Waals surface area (Å²) >= 11 is 0. The third-order valence-electron chi connectivity index (χ3n) is 7.89. The van der Waals surface area contributed by atoms with Crippen molar-refractivity contribution in [2.45, 2.75) is 77.0 Å². The molecule has 258 valence electrons. The molecule has 0 bridgehead atoms. The zero-order valence-electron chi connectivity index (χ0n) is 28.6. The van der Waals surface area contributed by atoms with Gasteiger partial charge in [-0.05, 0) is 88.3 Å². The van der Waals surface area contributed by atoms with Gasteiger partial charge in [-0.2, -0.15) is 0 Å². The van der Waals surface area contributed by atoms with Crippen LogP contribution in [-0.4, -0.2) is 79.5 Å². The number of carbonyl (C=O) groups is 2. The van der Waals surface area contributed by atoms with Gasteiger partial charge in [0.1, 0.15) is 23.0 Å². The van der Waals surface area contributed by atoms with E-state index in [1.165, 1.54) is 64.2 Å². The van der Waals surface area contributed by atoms with Crippen LogP contribution in [0.1, 0.15) is 97.8 Å². The topological polar surface area (TPSA) is 119 Å². The third-order valence-corrected chi connectivity index (χ3v) is 7.89. The number of nitrogens with one attached hydrogen (secondary N) is 4. The summed E-state index contributed by atoms with van der Waals surface area (Å²) in [5.41, 5.74) is 0.978. The van der Waals surface area contributed by atoms with E-state index in [-0.39, 0.29) is 11.8 Å². The zero-order chi connectivity index (χ0) is 33.2. The number of hydrogen-bond donors (Lipinski definition) is 4. The third kappa shape index (κ3) is 15.7. The minimum atomic E-state index is -0.146. The maximum atomic E-state index is 12.5. The minimum absolute atomic E-state index is 0.146. The van der Waals surface area contributed by atoms with Crippen molar-refractivity contribution < 1.29 is 28.5 Å². The Hall–Kier alpha value is -3.50. The molecule has 0 atom stereocenters. The quantitative estimate of drug-likeness (QED) is 0.0912. The summed E-state index contributed by atoms with van der Waals surface area (Å²) < 4.78 is 21.0. The fourth-order valence-corrected chi connectivity index (χ4v) is 5.17. The molecule has 2 rings (SSSR count). The monoisotopic (exact) mass is 642 g/mol. The van der Waals surface area contributed by atoms with Crippen LogP contribution in [0.15, 0.2) is 36.4 Å². The summed E-state index contributed by atoms with van der Waals surface area (Å²) in [5, 5.41) is 12.9. The van der Waals surface area contributed by atoms with E-state index in [9.17, 15) is 9.59 Å². The van der Waals surface area contributed by atoms with Crippen LogP contribution in [0.2, 0.25) is 0 Å². The maximum absolute atomic E-state index is 12.5. The normalized spacial score (nSPS) is 10.8. The van der Waals surface area contributed by atoms with E-state index in [4.69, 9.17) is 18.9 Å². The summed E-state index contributed by atoms with van der Waals surface area (Å²) in [6, 6.07) is 10.4. The average Bonchev–Trinajstić information content (AvgIpc) is 3.09. The van der Waals surface area contributed by atoms with E-state index in [0.717, 1.165) is 39.0 Å². The molecule has 0 radical (unpaired) electrons. The zero-order valence-corrected chi connectivity index (χ0v) is 28.6. The number of ether oxygens (including phenoxy) is 4. The van der Waals surface area contributed by atoms with Crippen LogP contribution in [0.4, 0.5) is 0 Å². The van der Waals surface area contributed by atoms with Crippen LogP contribution in [0, 0.1) is 0 Å². The lowest BCUT2D eigenvalue weighted by atomic mass is 10.1. The SMILES string of the molecule is COc1ccc(OC)c(C(=O)NCCCNCCCCCCCCCCCCNCCCNC(=O)c2cc(OC)ccc2OC)c1. The van der Waals surface area contributed by atoms with E-state index < -0.39 is 0 Å². The number of unbranched alkanes of at least 4 members (excludes halogenated alkanes) is 9. The van der Waals surface area contributed by atoms with Crippen LogP contribution >= 0.6 is 0 Å². The molecule has 0 saturated carbocycles. The summed E-state index contributed by atoms with van der Waals surface area (Å²) in [6.07, 6.45) is 14.6. The predicted octanol–water partition coefficient (Wildman–Crippen LogP) is 5.74. The molecule has 0 aromatic heterocycles. The number of methoxy groups -OCH3 is 4. The molecule has 0 saturated heterocycles. The Balaban J connectivity index is 1.31. The fourth-order valence-electron chi connectivity index (χ4n) is 5.17. The van der Waals surface area contributed by atoms with E-state index in [1.54, 1.807) is 64.8 Å². The second kappa shape index (κ2) is 24.7. The Morgan fingerprint density at radius 3 is 1.15 bits per heavy atom. The van der Waals surface area contributed by atoms with Crippen LogP contribution < -0.4 is 40.2 Å². The molecular formula is C36H58N4O6. The number of hydrogen-bond acceptors (Lipinski definition) is 8. The van der Waals surface area contributed by atoms with Gasteiger partial charge < -0.3 is 40.2 Å². The highest BCUT2D eigenvalue weighted by Gasteiger charge is 2.14. The minimum Gasteiger partial charge on any atom is -0.497 e. The molecule has 0 spiro atoms. The van der Waals surface area contributed by atoms with Gasteiger partial charge in [0.15, 0.2) is 0 Å². The first-order chi connectivity index (χ1) is 22.5. The molecule has 0 aliphatic rings. The molecular weight excluding hydrogens is 584 g/mol. The molecule has 2 amide bonds. The largest absolute Gasteiger partial charge is 0.497 e. The number of amides is 2. The van der Waals surface area contributed by atoms with Crippen molar-refractivity contribution >= 4 is 11.8 Å². The highest BCUT2D eigenvalue weighted by Crippen LogP contribution is 2.24. The molecule has 10 heteroatoms. The number of carbonyl (C=O) groups excluding carboxylic acids is 2. The molecule has 0 unspecified atom stereocenters. The van der Waals surface area contributed by atoms with Crippen molar-refractivity contribution in [3.8, 4) is 23.0 Å². The molecule has 4 N–H and O–H groups in total. The highest BCUT2D eigenvalue weighted by molar-refractivity contribution is 5.97. The van der Waals surface area contributed by atoms with Gasteiger partial charge in [0.2, 0.25) is 0 Å². The molecule has 46 heavy (non-hydrogen) atoms. The van der Waals surface area contributed by atoms with Crippen molar-refractivity contribution in [3.63, 3.8) is 0 Å². The smallest absolute Gasteiger partial charge is 0.255 e. The van der Waals surface area contributed by atoms with Crippen molar-refractivity contribution in [2.75, 3.05) is 67.7 Å². The first kappa shape index (κ1) is 38.7. The Labute approximate surface area is 276 Å². The second-order valence-electron chi connectivity index (χ2n) is 11.4. The summed E-state index contributed by atoms with van der Waals surface area (Å²) in [7, 11) is 6.28. The van der Waals surface area contributed by atoms with Crippen LogP contribution in [-0.2, 0) is 0 Å². The summed E-state index contributed by atoms with van der Waals surface area (Å²) in [5.74, 6) is 2.06. The van der Waals surface area contributed by atoms with Crippen LogP contribution in [0.25, 0.3) is 0 Å². The molecule has 0 aliphatic carbocycles. The van der Waals surface area contributed by atoms with Gasteiger partial charge in [-0.25, -0.2) is 0 Å². The van der Waals surface area contributed by atoms with Crippen molar-refractivity contribution in [1.82, 2.24) is 21.3 Å². The Bertz CT molecular complexity index is 1040. The van der Waals surface area contributed by atoms with Gasteiger partial charge in [0.25, 0.3) is 11.8 Å². The lowest BCUT2D eigenvalue weighted by Gasteiger charge is -2.11. The molecule has 0 aliphatic heterocycles. The summed E-state index contributed by atoms with van der Waals surface area (Å²) in [6.45, 7) is 5.08. The molecule has 2 aromatic carbocycles. The van der Waals surface area contributed by atoms with Crippen molar-refractivity contribution in [1.29, 1.82) is 0 Å². The molecule has 0 fully saturated rings.